The smallest absolute Gasteiger partial charge is 0.0595 e. The molecule has 2 N–H and O–H groups in total. The molecule has 0 aromatic heterocycles. The molecule has 0 aromatic carbocycles. The van der Waals surface area contributed by atoms with Gasteiger partial charge in [0.05, 0.1) is 6.10 Å². The summed E-state index contributed by atoms with van der Waals surface area (Å²) in [6.07, 6.45) is 6.93. The highest BCUT2D eigenvalue weighted by Gasteiger charge is 2.38. The van der Waals surface area contributed by atoms with E-state index >= 15 is 0 Å². The minimum atomic E-state index is 0.236. The monoisotopic (exact) mass is 226 g/mol. The average Bonchev–Trinajstić information content (AvgIpc) is 3.13. The van der Waals surface area contributed by atoms with Crippen LogP contribution in [0.4, 0.5) is 0 Å². The summed E-state index contributed by atoms with van der Waals surface area (Å²) in [7, 11) is 1.83. The molecule has 1 unspecified atom stereocenters. The molecule has 0 spiro atoms. The van der Waals surface area contributed by atoms with Crippen molar-refractivity contribution in [2.45, 2.75) is 50.7 Å². The maximum absolute atomic E-state index is 6.01. The zero-order valence-electron chi connectivity index (χ0n) is 10.7. The number of nitrogens with zero attached hydrogens (tertiary/aromatic N) is 1. The molecule has 0 aromatic rings. The number of nitrogens with two attached hydrogens (primary N) is 1. The van der Waals surface area contributed by atoms with Gasteiger partial charge in [0.1, 0.15) is 0 Å². The van der Waals surface area contributed by atoms with Crippen molar-refractivity contribution in [3.8, 4) is 0 Å². The molecule has 2 aliphatic rings. The van der Waals surface area contributed by atoms with Gasteiger partial charge in [0.25, 0.3) is 0 Å². The van der Waals surface area contributed by atoms with Crippen LogP contribution in [0, 0.1) is 5.92 Å². The van der Waals surface area contributed by atoms with Crippen LogP contribution < -0.4 is 5.73 Å². The van der Waals surface area contributed by atoms with Gasteiger partial charge in [-0.2, -0.15) is 0 Å². The van der Waals surface area contributed by atoms with E-state index in [1.165, 1.54) is 19.3 Å². The summed E-state index contributed by atoms with van der Waals surface area (Å²) in [4.78, 5) is 2.60. The predicted molar refractivity (Wildman–Crippen MR) is 66.4 cm³/mol. The highest BCUT2D eigenvalue weighted by Crippen LogP contribution is 2.39. The molecule has 0 bridgehead atoms. The van der Waals surface area contributed by atoms with Crippen LogP contribution in [0.3, 0.4) is 0 Å². The Morgan fingerprint density at radius 3 is 2.31 bits per heavy atom. The minimum Gasteiger partial charge on any atom is -0.381 e. The van der Waals surface area contributed by atoms with Crippen LogP contribution >= 0.6 is 0 Å². The Morgan fingerprint density at radius 2 is 1.88 bits per heavy atom. The van der Waals surface area contributed by atoms with E-state index < -0.39 is 0 Å². The fraction of sp³-hybridized carbons (Fsp3) is 1.00. The normalized spacial score (nSPS) is 27.9. The standard InChI is InChI=1S/C13H26N2O/c1-13(10-14,9-11-3-4-11)15-7-5-12(16-2)6-8-15/h11-12H,3-10,14H2,1-2H3. The summed E-state index contributed by atoms with van der Waals surface area (Å²) < 4.78 is 5.42. The van der Waals surface area contributed by atoms with Gasteiger partial charge in [0.15, 0.2) is 0 Å². The molecule has 0 radical (unpaired) electrons. The summed E-state index contributed by atoms with van der Waals surface area (Å²) in [6.45, 7) is 5.44. The number of piperidine rings is 1. The maximum Gasteiger partial charge on any atom is 0.0595 e. The lowest BCUT2D eigenvalue weighted by Crippen LogP contribution is -2.55. The second-order valence-corrected chi connectivity index (χ2v) is 5.77. The number of likely N-dealkylation sites (tertiary alicyclic amines) is 1. The summed E-state index contributed by atoms with van der Waals surface area (Å²) in [5.41, 5.74) is 6.24. The molecule has 2 fully saturated rings. The van der Waals surface area contributed by atoms with Gasteiger partial charge in [-0.3, -0.25) is 4.90 Å². The van der Waals surface area contributed by atoms with Crippen molar-refractivity contribution in [2.24, 2.45) is 11.7 Å². The first-order valence-electron chi connectivity index (χ1n) is 6.66. The number of hydrogen-bond donors (Lipinski definition) is 1. The van der Waals surface area contributed by atoms with Gasteiger partial charge in [0, 0.05) is 32.3 Å². The molecule has 1 saturated carbocycles. The average molecular weight is 226 g/mol. The third-order valence-corrected chi connectivity index (χ3v) is 4.40. The van der Waals surface area contributed by atoms with Crippen molar-refractivity contribution in [3.63, 3.8) is 0 Å². The summed E-state index contributed by atoms with van der Waals surface area (Å²) in [5, 5.41) is 0. The van der Waals surface area contributed by atoms with Crippen molar-refractivity contribution in [1.29, 1.82) is 0 Å². The Hall–Kier alpha value is -0.120. The molecule has 0 amide bonds. The molecular formula is C13H26N2O. The van der Waals surface area contributed by atoms with Crippen molar-refractivity contribution in [1.82, 2.24) is 4.90 Å². The molecule has 16 heavy (non-hydrogen) atoms. The second-order valence-electron chi connectivity index (χ2n) is 5.77. The lowest BCUT2D eigenvalue weighted by molar-refractivity contribution is -0.000767. The topological polar surface area (TPSA) is 38.5 Å². The molecule has 1 atom stereocenters. The van der Waals surface area contributed by atoms with Crippen LogP contribution in [0.2, 0.25) is 0 Å². The molecule has 94 valence electrons. The molecule has 1 aliphatic heterocycles. The Labute approximate surface area is 99.3 Å². The summed E-state index contributed by atoms with van der Waals surface area (Å²) in [5.74, 6) is 0.952. The van der Waals surface area contributed by atoms with Crippen LogP contribution in [-0.2, 0) is 4.74 Å². The molecule has 1 heterocycles. The molecule has 3 nitrogen and oxygen atoms in total. The van der Waals surface area contributed by atoms with Crippen molar-refractivity contribution >= 4 is 0 Å². The third kappa shape index (κ3) is 2.76. The fourth-order valence-electron chi connectivity index (χ4n) is 2.92. The van der Waals surface area contributed by atoms with E-state index in [1.807, 2.05) is 7.11 Å². The van der Waals surface area contributed by atoms with Crippen LogP contribution in [0.15, 0.2) is 0 Å². The number of hydrogen-bond acceptors (Lipinski definition) is 3. The van der Waals surface area contributed by atoms with Gasteiger partial charge in [-0.1, -0.05) is 12.8 Å². The van der Waals surface area contributed by atoms with Crippen LogP contribution in [0.5, 0.6) is 0 Å². The number of rotatable bonds is 5. The third-order valence-electron chi connectivity index (χ3n) is 4.40. The van der Waals surface area contributed by atoms with Crippen molar-refractivity contribution in [3.05, 3.63) is 0 Å². The van der Waals surface area contributed by atoms with E-state index in [4.69, 9.17) is 10.5 Å². The van der Waals surface area contributed by atoms with E-state index in [2.05, 4.69) is 11.8 Å². The van der Waals surface area contributed by atoms with E-state index in [0.29, 0.717) is 6.10 Å². The Bertz CT molecular complexity index is 222. The van der Waals surface area contributed by atoms with Crippen molar-refractivity contribution in [2.75, 3.05) is 26.7 Å². The zero-order chi connectivity index (χ0) is 11.6. The largest absolute Gasteiger partial charge is 0.381 e. The summed E-state index contributed by atoms with van der Waals surface area (Å²) >= 11 is 0. The highest BCUT2D eigenvalue weighted by atomic mass is 16.5. The predicted octanol–water partition coefficient (Wildman–Crippen LogP) is 1.61. The van der Waals surface area contributed by atoms with Crippen LogP contribution in [-0.4, -0.2) is 43.3 Å². The van der Waals surface area contributed by atoms with Gasteiger partial charge in [-0.05, 0) is 32.1 Å². The van der Waals surface area contributed by atoms with E-state index in [1.54, 1.807) is 0 Å². The van der Waals surface area contributed by atoms with E-state index in [-0.39, 0.29) is 5.54 Å². The minimum absolute atomic E-state index is 0.236. The van der Waals surface area contributed by atoms with Crippen LogP contribution in [0.1, 0.15) is 39.0 Å². The van der Waals surface area contributed by atoms with Gasteiger partial charge >= 0.3 is 0 Å². The molecule has 3 heteroatoms. The number of methoxy groups -OCH3 is 1. The van der Waals surface area contributed by atoms with Gasteiger partial charge in [0.2, 0.25) is 0 Å². The summed E-state index contributed by atoms with van der Waals surface area (Å²) in [6, 6.07) is 0. The Morgan fingerprint density at radius 1 is 1.25 bits per heavy atom. The molecule has 1 aliphatic carbocycles. The fourth-order valence-corrected chi connectivity index (χ4v) is 2.92. The first-order valence-corrected chi connectivity index (χ1v) is 6.66. The van der Waals surface area contributed by atoms with E-state index in [9.17, 15) is 0 Å². The van der Waals surface area contributed by atoms with Gasteiger partial charge < -0.3 is 10.5 Å². The quantitative estimate of drug-likeness (QED) is 0.774. The SMILES string of the molecule is COC1CCN(C(C)(CN)CC2CC2)CC1. The second kappa shape index (κ2) is 5.03. The van der Waals surface area contributed by atoms with Crippen LogP contribution in [0.25, 0.3) is 0 Å². The molecule has 2 rings (SSSR count). The first kappa shape index (κ1) is 12.3. The van der Waals surface area contributed by atoms with Gasteiger partial charge in [-0.25, -0.2) is 0 Å². The van der Waals surface area contributed by atoms with E-state index in [0.717, 1.165) is 38.4 Å². The lowest BCUT2D eigenvalue weighted by Gasteiger charge is -2.44. The molecule has 1 saturated heterocycles. The number of ether oxygens (including phenoxy) is 1. The maximum atomic E-state index is 6.01. The van der Waals surface area contributed by atoms with Gasteiger partial charge in [-0.15, -0.1) is 0 Å². The highest BCUT2D eigenvalue weighted by molar-refractivity contribution is 4.94. The zero-order valence-corrected chi connectivity index (χ0v) is 10.7. The van der Waals surface area contributed by atoms with Crippen molar-refractivity contribution < 1.29 is 4.74 Å². The Kier molecular flexibility index (Phi) is 3.88. The first-order chi connectivity index (χ1) is 7.68. The lowest BCUT2D eigenvalue weighted by atomic mass is 9.90. The Balaban J connectivity index is 1.88. The molecular weight excluding hydrogens is 200 g/mol.